The highest BCUT2D eigenvalue weighted by Gasteiger charge is 2.30. The molecule has 1 fully saturated rings. The van der Waals surface area contributed by atoms with Gasteiger partial charge in [-0.2, -0.15) is 0 Å². The Kier molecular flexibility index (Phi) is 5.97. The first-order chi connectivity index (χ1) is 12.2. The predicted octanol–water partition coefficient (Wildman–Crippen LogP) is 5.15. The number of nitrogens with zero attached hydrogens (tertiary/aromatic N) is 1. The summed E-state index contributed by atoms with van der Waals surface area (Å²) in [6.07, 6.45) is 5.73. The van der Waals surface area contributed by atoms with Gasteiger partial charge in [-0.15, -0.1) is 12.4 Å². The van der Waals surface area contributed by atoms with E-state index in [1.54, 1.807) is 6.07 Å². The first-order valence-corrected chi connectivity index (χ1v) is 8.73. The van der Waals surface area contributed by atoms with E-state index >= 15 is 0 Å². The molecular weight excluding hydrogens is 374 g/mol. The van der Waals surface area contributed by atoms with E-state index in [0.717, 1.165) is 24.8 Å². The van der Waals surface area contributed by atoms with Gasteiger partial charge in [0.15, 0.2) is 0 Å². The summed E-state index contributed by atoms with van der Waals surface area (Å²) in [7, 11) is 0. The number of rotatable bonds is 5. The molecular formula is C20H19Cl2FN2O. The van der Waals surface area contributed by atoms with Crippen LogP contribution in [0.15, 0.2) is 54.9 Å². The van der Waals surface area contributed by atoms with Crippen LogP contribution in [0.3, 0.4) is 0 Å². The third-order valence-corrected chi connectivity index (χ3v) is 4.93. The van der Waals surface area contributed by atoms with Crippen LogP contribution in [0.4, 0.5) is 4.39 Å². The number of hydrogen-bond acceptors (Lipinski definition) is 3. The molecule has 0 spiro atoms. The van der Waals surface area contributed by atoms with Crippen molar-refractivity contribution in [2.24, 2.45) is 0 Å². The molecule has 2 aromatic carbocycles. The van der Waals surface area contributed by atoms with E-state index in [2.05, 4.69) is 34.6 Å². The second-order valence-corrected chi connectivity index (χ2v) is 6.79. The minimum absolute atomic E-state index is 0. The van der Waals surface area contributed by atoms with Gasteiger partial charge in [0, 0.05) is 36.4 Å². The highest BCUT2D eigenvalue weighted by molar-refractivity contribution is 6.30. The number of halogens is 3. The lowest BCUT2D eigenvalue weighted by molar-refractivity contribution is 0.0843. The first-order valence-electron chi connectivity index (χ1n) is 8.36. The van der Waals surface area contributed by atoms with Crippen molar-refractivity contribution >= 4 is 34.8 Å². The number of hydrogen-bond donors (Lipinski definition) is 1. The molecule has 4 rings (SSSR count). The fraction of sp³-hybridized carbons (Fsp3) is 0.250. The summed E-state index contributed by atoms with van der Waals surface area (Å²) in [6, 6.07) is 13.2. The Labute approximate surface area is 162 Å². The van der Waals surface area contributed by atoms with Gasteiger partial charge in [0.25, 0.3) is 0 Å². The summed E-state index contributed by atoms with van der Waals surface area (Å²) in [5.74, 6) is 0.198. The van der Waals surface area contributed by atoms with Crippen LogP contribution in [0.2, 0.25) is 5.02 Å². The molecule has 0 atom stereocenters. The lowest BCUT2D eigenvalue weighted by Crippen LogP contribution is -2.46. The van der Waals surface area contributed by atoms with E-state index in [1.807, 2.05) is 12.4 Å². The van der Waals surface area contributed by atoms with Gasteiger partial charge in [-0.3, -0.25) is 4.98 Å². The number of benzene rings is 2. The normalized spacial score (nSPS) is 18.8. The van der Waals surface area contributed by atoms with E-state index in [4.69, 9.17) is 16.3 Å². The third kappa shape index (κ3) is 4.09. The Morgan fingerprint density at radius 2 is 2.04 bits per heavy atom. The SMILES string of the molecule is Cl.Fc1ccc(OC2CC(NCc3cccc4cnccc34)C2)cc1Cl. The summed E-state index contributed by atoms with van der Waals surface area (Å²) in [5, 5.41) is 6.06. The molecule has 1 N–H and O–H groups in total. The summed E-state index contributed by atoms with van der Waals surface area (Å²) < 4.78 is 19.0. The van der Waals surface area contributed by atoms with Crippen LogP contribution < -0.4 is 10.1 Å². The molecule has 1 aromatic heterocycles. The van der Waals surface area contributed by atoms with Gasteiger partial charge in [0.2, 0.25) is 0 Å². The maximum atomic E-state index is 13.2. The standard InChI is InChI=1S/C20H18ClFN2O.ClH/c21-19-10-16(4-5-20(19)22)25-17-8-15(9-17)24-12-14-3-1-2-13-11-23-7-6-18(13)14;/h1-7,10-11,15,17,24H,8-9,12H2;1H. The highest BCUT2D eigenvalue weighted by Crippen LogP contribution is 2.29. The molecule has 3 aromatic rings. The third-order valence-electron chi connectivity index (χ3n) is 4.64. The Morgan fingerprint density at radius 3 is 2.85 bits per heavy atom. The number of ether oxygens (including phenoxy) is 1. The van der Waals surface area contributed by atoms with E-state index < -0.39 is 5.82 Å². The zero-order valence-corrected chi connectivity index (χ0v) is 15.6. The van der Waals surface area contributed by atoms with Crippen molar-refractivity contribution in [2.75, 3.05) is 0 Å². The number of aromatic nitrogens is 1. The molecule has 0 amide bonds. The van der Waals surface area contributed by atoms with Crippen molar-refractivity contribution in [3.8, 4) is 5.75 Å². The fourth-order valence-electron chi connectivity index (χ4n) is 3.17. The van der Waals surface area contributed by atoms with E-state index in [9.17, 15) is 4.39 Å². The highest BCUT2D eigenvalue weighted by atomic mass is 35.5. The minimum Gasteiger partial charge on any atom is -0.490 e. The lowest BCUT2D eigenvalue weighted by atomic mass is 9.89. The molecule has 0 unspecified atom stereocenters. The van der Waals surface area contributed by atoms with Crippen molar-refractivity contribution in [3.05, 3.63) is 71.3 Å². The maximum Gasteiger partial charge on any atom is 0.142 e. The molecule has 1 aliphatic rings. The van der Waals surface area contributed by atoms with Crippen LogP contribution >= 0.6 is 24.0 Å². The van der Waals surface area contributed by atoms with Crippen LogP contribution in [-0.2, 0) is 6.54 Å². The molecule has 1 aliphatic carbocycles. The van der Waals surface area contributed by atoms with Crippen LogP contribution in [0.1, 0.15) is 18.4 Å². The Hall–Kier alpha value is -1.88. The molecule has 26 heavy (non-hydrogen) atoms. The monoisotopic (exact) mass is 392 g/mol. The van der Waals surface area contributed by atoms with Gasteiger partial charge in [-0.05, 0) is 42.0 Å². The number of nitrogens with one attached hydrogen (secondary N) is 1. The van der Waals surface area contributed by atoms with Gasteiger partial charge < -0.3 is 10.1 Å². The Balaban J connectivity index is 0.00000196. The second-order valence-electron chi connectivity index (χ2n) is 6.38. The average Bonchev–Trinajstić information content (AvgIpc) is 2.60. The molecule has 1 saturated carbocycles. The fourth-order valence-corrected chi connectivity index (χ4v) is 3.34. The van der Waals surface area contributed by atoms with Gasteiger partial charge in [0.05, 0.1) is 5.02 Å². The number of fused-ring (bicyclic) bond motifs is 1. The number of pyridine rings is 1. The van der Waals surface area contributed by atoms with Gasteiger partial charge in [-0.25, -0.2) is 4.39 Å². The molecule has 0 radical (unpaired) electrons. The van der Waals surface area contributed by atoms with Gasteiger partial charge in [-0.1, -0.05) is 29.8 Å². The first kappa shape index (κ1) is 18.9. The second kappa shape index (κ2) is 8.21. The van der Waals surface area contributed by atoms with Gasteiger partial charge in [0.1, 0.15) is 17.7 Å². The topological polar surface area (TPSA) is 34.1 Å². The molecule has 0 saturated heterocycles. The van der Waals surface area contributed by atoms with E-state index in [0.29, 0.717) is 11.8 Å². The van der Waals surface area contributed by atoms with Crippen molar-refractivity contribution in [2.45, 2.75) is 31.5 Å². The van der Waals surface area contributed by atoms with E-state index in [-0.39, 0.29) is 23.5 Å². The molecule has 1 heterocycles. The Morgan fingerprint density at radius 1 is 1.19 bits per heavy atom. The summed E-state index contributed by atoms with van der Waals surface area (Å²) in [5.41, 5.74) is 1.27. The maximum absolute atomic E-state index is 13.2. The predicted molar refractivity (Wildman–Crippen MR) is 105 cm³/mol. The van der Waals surface area contributed by atoms with Gasteiger partial charge >= 0.3 is 0 Å². The lowest BCUT2D eigenvalue weighted by Gasteiger charge is -2.36. The smallest absolute Gasteiger partial charge is 0.142 e. The Bertz CT molecular complexity index is 895. The van der Waals surface area contributed by atoms with Crippen LogP contribution in [0, 0.1) is 5.82 Å². The van der Waals surface area contributed by atoms with Crippen LogP contribution in [0.5, 0.6) is 5.75 Å². The van der Waals surface area contributed by atoms with Crippen LogP contribution in [0.25, 0.3) is 10.8 Å². The molecule has 6 heteroatoms. The summed E-state index contributed by atoms with van der Waals surface area (Å²) >= 11 is 5.78. The summed E-state index contributed by atoms with van der Waals surface area (Å²) in [4.78, 5) is 4.17. The van der Waals surface area contributed by atoms with Crippen molar-refractivity contribution in [1.29, 1.82) is 0 Å². The quantitative estimate of drug-likeness (QED) is 0.651. The van der Waals surface area contributed by atoms with Crippen molar-refractivity contribution in [1.82, 2.24) is 10.3 Å². The zero-order valence-electron chi connectivity index (χ0n) is 14.0. The van der Waals surface area contributed by atoms with Crippen molar-refractivity contribution < 1.29 is 9.13 Å². The largest absolute Gasteiger partial charge is 0.490 e. The van der Waals surface area contributed by atoms with E-state index in [1.165, 1.54) is 23.1 Å². The van der Waals surface area contributed by atoms with Crippen molar-refractivity contribution in [3.63, 3.8) is 0 Å². The zero-order chi connectivity index (χ0) is 17.2. The summed E-state index contributed by atoms with van der Waals surface area (Å²) in [6.45, 7) is 0.821. The molecule has 0 aliphatic heterocycles. The average molecular weight is 393 g/mol. The molecule has 136 valence electrons. The molecule has 0 bridgehead atoms. The van der Waals surface area contributed by atoms with Crippen LogP contribution in [-0.4, -0.2) is 17.1 Å². The molecule has 3 nitrogen and oxygen atoms in total. The minimum atomic E-state index is -0.424.